The molecule has 33 heavy (non-hydrogen) atoms. The lowest BCUT2D eigenvalue weighted by atomic mass is 10.1. The van der Waals surface area contributed by atoms with Crippen LogP contribution in [0.2, 0.25) is 0 Å². The van der Waals surface area contributed by atoms with Crippen molar-refractivity contribution in [3.05, 3.63) is 52.5 Å². The molecule has 1 aliphatic carbocycles. The first kappa shape index (κ1) is 23.5. The SMILES string of the molecule is CCc1ccc2c(NC)c(C(=O)NCCc3ccc(NC[C@H](CC)NC4CC4)cc3)sc2n1. The summed E-state index contributed by atoms with van der Waals surface area (Å²) in [6.45, 7) is 5.86. The van der Waals surface area contributed by atoms with E-state index in [1.165, 1.54) is 29.7 Å². The van der Waals surface area contributed by atoms with Crippen LogP contribution >= 0.6 is 11.3 Å². The fourth-order valence-electron chi connectivity index (χ4n) is 3.96. The second-order valence-corrected chi connectivity index (χ2v) is 9.69. The summed E-state index contributed by atoms with van der Waals surface area (Å²) in [5.41, 5.74) is 4.26. The number of aryl methyl sites for hydroxylation is 1. The Morgan fingerprint density at radius 2 is 1.94 bits per heavy atom. The van der Waals surface area contributed by atoms with Gasteiger partial charge in [0.25, 0.3) is 5.91 Å². The summed E-state index contributed by atoms with van der Waals surface area (Å²) in [5, 5.41) is 14.5. The Labute approximate surface area is 200 Å². The summed E-state index contributed by atoms with van der Waals surface area (Å²) in [4.78, 5) is 19.1. The number of hydrogen-bond donors (Lipinski definition) is 4. The molecule has 3 aromatic rings. The van der Waals surface area contributed by atoms with Crippen LogP contribution in [0, 0.1) is 0 Å². The van der Waals surface area contributed by atoms with Crippen molar-refractivity contribution in [1.82, 2.24) is 15.6 Å². The predicted octanol–water partition coefficient (Wildman–Crippen LogP) is 4.82. The number of thiophene rings is 1. The molecular weight excluding hydrogens is 430 g/mol. The number of aromatic nitrogens is 1. The van der Waals surface area contributed by atoms with E-state index < -0.39 is 0 Å². The van der Waals surface area contributed by atoms with Crippen molar-refractivity contribution in [3.63, 3.8) is 0 Å². The van der Waals surface area contributed by atoms with Gasteiger partial charge in [-0.25, -0.2) is 4.98 Å². The molecule has 4 N–H and O–H groups in total. The molecule has 1 aliphatic rings. The predicted molar refractivity (Wildman–Crippen MR) is 140 cm³/mol. The van der Waals surface area contributed by atoms with Crippen molar-refractivity contribution in [2.24, 2.45) is 0 Å². The van der Waals surface area contributed by atoms with E-state index in [2.05, 4.69) is 70.4 Å². The lowest BCUT2D eigenvalue weighted by Crippen LogP contribution is -2.36. The highest BCUT2D eigenvalue weighted by molar-refractivity contribution is 7.21. The molecule has 0 aliphatic heterocycles. The molecule has 0 bridgehead atoms. The van der Waals surface area contributed by atoms with E-state index in [9.17, 15) is 4.79 Å². The molecule has 2 heterocycles. The van der Waals surface area contributed by atoms with Crippen molar-refractivity contribution in [2.45, 2.75) is 58.0 Å². The highest BCUT2D eigenvalue weighted by Gasteiger charge is 2.23. The average Bonchev–Trinajstić information content (AvgIpc) is 3.59. The van der Waals surface area contributed by atoms with Gasteiger partial charge >= 0.3 is 0 Å². The van der Waals surface area contributed by atoms with Crippen LogP contribution in [0.1, 0.15) is 54.0 Å². The van der Waals surface area contributed by atoms with E-state index in [0.29, 0.717) is 17.5 Å². The second-order valence-electron chi connectivity index (χ2n) is 8.69. The first-order chi connectivity index (χ1) is 16.1. The minimum absolute atomic E-state index is 0.0487. The Hall–Kier alpha value is -2.64. The number of hydrogen-bond acceptors (Lipinski definition) is 6. The van der Waals surface area contributed by atoms with E-state index >= 15 is 0 Å². The van der Waals surface area contributed by atoms with Crippen molar-refractivity contribution in [2.75, 3.05) is 30.8 Å². The van der Waals surface area contributed by atoms with Gasteiger partial charge in [0.1, 0.15) is 9.71 Å². The highest BCUT2D eigenvalue weighted by atomic mass is 32.1. The van der Waals surface area contributed by atoms with Crippen LogP contribution < -0.4 is 21.3 Å². The monoisotopic (exact) mass is 465 g/mol. The van der Waals surface area contributed by atoms with E-state index in [-0.39, 0.29) is 5.91 Å². The topological polar surface area (TPSA) is 78.1 Å². The Morgan fingerprint density at radius 1 is 1.15 bits per heavy atom. The minimum atomic E-state index is -0.0487. The van der Waals surface area contributed by atoms with Crippen LogP contribution in [-0.2, 0) is 12.8 Å². The van der Waals surface area contributed by atoms with Gasteiger partial charge in [-0.05, 0) is 61.9 Å². The van der Waals surface area contributed by atoms with Gasteiger partial charge in [-0.1, -0.05) is 26.0 Å². The molecule has 0 spiro atoms. The zero-order chi connectivity index (χ0) is 23.2. The lowest BCUT2D eigenvalue weighted by molar-refractivity contribution is 0.0959. The van der Waals surface area contributed by atoms with E-state index in [1.54, 1.807) is 0 Å². The number of anilines is 2. The first-order valence-corrected chi connectivity index (χ1v) is 12.9. The maximum Gasteiger partial charge on any atom is 0.263 e. The third kappa shape index (κ3) is 6.03. The quantitative estimate of drug-likeness (QED) is 0.309. The largest absolute Gasteiger partial charge is 0.386 e. The molecule has 1 saturated carbocycles. The van der Waals surface area contributed by atoms with Gasteiger partial charge in [0, 0.05) is 49.0 Å². The summed E-state index contributed by atoms with van der Waals surface area (Å²) in [6.07, 6.45) is 5.45. The summed E-state index contributed by atoms with van der Waals surface area (Å²) in [7, 11) is 1.85. The fraction of sp³-hybridized carbons (Fsp3) is 0.462. The summed E-state index contributed by atoms with van der Waals surface area (Å²) >= 11 is 1.45. The summed E-state index contributed by atoms with van der Waals surface area (Å²) in [5.74, 6) is -0.0487. The van der Waals surface area contributed by atoms with Crippen molar-refractivity contribution in [1.29, 1.82) is 0 Å². The van der Waals surface area contributed by atoms with Crippen molar-refractivity contribution >= 4 is 38.8 Å². The molecule has 2 aromatic heterocycles. The Morgan fingerprint density at radius 3 is 2.61 bits per heavy atom. The number of carbonyl (C=O) groups excluding carboxylic acids is 1. The number of nitrogens with one attached hydrogen (secondary N) is 4. The van der Waals surface area contributed by atoms with Crippen LogP contribution in [0.3, 0.4) is 0 Å². The number of fused-ring (bicyclic) bond motifs is 1. The van der Waals surface area contributed by atoms with Crippen LogP contribution in [0.5, 0.6) is 0 Å². The number of amides is 1. The van der Waals surface area contributed by atoms with Crippen LogP contribution in [-0.4, -0.2) is 43.1 Å². The molecule has 4 rings (SSSR count). The average molecular weight is 466 g/mol. The molecule has 0 saturated heterocycles. The molecule has 0 unspecified atom stereocenters. The first-order valence-electron chi connectivity index (χ1n) is 12.1. The van der Waals surface area contributed by atoms with Crippen LogP contribution in [0.4, 0.5) is 11.4 Å². The summed E-state index contributed by atoms with van der Waals surface area (Å²) < 4.78 is 0. The number of carbonyl (C=O) groups is 1. The molecule has 0 radical (unpaired) electrons. The van der Waals surface area contributed by atoms with Gasteiger partial charge in [-0.15, -0.1) is 11.3 Å². The van der Waals surface area contributed by atoms with Crippen LogP contribution in [0.25, 0.3) is 10.2 Å². The fourth-order valence-corrected chi connectivity index (χ4v) is 5.07. The van der Waals surface area contributed by atoms with Gasteiger partial charge in [0.2, 0.25) is 0 Å². The molecule has 7 heteroatoms. The molecular formula is C26H35N5OS. The second kappa shape index (κ2) is 11.0. The standard InChI is InChI=1S/C26H35N5OS/c1-4-18-12-13-22-23(27-3)24(33-26(22)31-18)25(32)28-15-14-17-6-8-20(9-7-17)29-16-19(5-2)30-21-10-11-21/h6-9,12-13,19,21,27,29-30H,4-5,10-11,14-16H2,1-3H3,(H,28,32)/t19-/m0/s1. The number of nitrogens with zero attached hydrogens (tertiary/aromatic N) is 1. The molecule has 176 valence electrons. The number of benzene rings is 1. The molecule has 1 atom stereocenters. The third-order valence-electron chi connectivity index (χ3n) is 6.18. The zero-order valence-electron chi connectivity index (χ0n) is 19.8. The molecule has 1 fully saturated rings. The third-order valence-corrected chi connectivity index (χ3v) is 7.28. The lowest BCUT2D eigenvalue weighted by Gasteiger charge is -2.18. The van der Waals surface area contributed by atoms with Gasteiger partial charge in [-0.3, -0.25) is 4.79 Å². The maximum atomic E-state index is 12.9. The Kier molecular flexibility index (Phi) is 7.83. The molecule has 1 aromatic carbocycles. The molecule has 1 amide bonds. The van der Waals surface area contributed by atoms with E-state index in [1.807, 2.05) is 13.1 Å². The molecule has 6 nitrogen and oxygen atoms in total. The maximum absolute atomic E-state index is 12.9. The smallest absolute Gasteiger partial charge is 0.263 e. The Balaban J connectivity index is 1.28. The van der Waals surface area contributed by atoms with E-state index in [4.69, 9.17) is 0 Å². The zero-order valence-corrected chi connectivity index (χ0v) is 20.6. The highest BCUT2D eigenvalue weighted by Crippen LogP contribution is 2.34. The van der Waals surface area contributed by atoms with Gasteiger partial charge in [0.15, 0.2) is 0 Å². The number of pyridine rings is 1. The van der Waals surface area contributed by atoms with Gasteiger partial charge < -0.3 is 21.3 Å². The number of rotatable bonds is 12. The van der Waals surface area contributed by atoms with Gasteiger partial charge in [0.05, 0.1) is 5.69 Å². The summed E-state index contributed by atoms with van der Waals surface area (Å²) in [6, 6.07) is 13.9. The minimum Gasteiger partial charge on any atom is -0.386 e. The van der Waals surface area contributed by atoms with Crippen molar-refractivity contribution in [3.8, 4) is 0 Å². The van der Waals surface area contributed by atoms with E-state index in [0.717, 1.165) is 59.1 Å². The van der Waals surface area contributed by atoms with Gasteiger partial charge in [-0.2, -0.15) is 0 Å². The normalized spacial score (nSPS) is 14.3. The van der Waals surface area contributed by atoms with Crippen molar-refractivity contribution < 1.29 is 4.79 Å². The Bertz CT molecular complexity index is 1070. The van der Waals surface area contributed by atoms with Crippen LogP contribution in [0.15, 0.2) is 36.4 Å².